The predicted molar refractivity (Wildman–Crippen MR) is 109 cm³/mol. The summed E-state index contributed by atoms with van der Waals surface area (Å²) in [5.41, 5.74) is 3.65. The number of aromatic nitrogens is 2. The second kappa shape index (κ2) is 9.71. The number of ether oxygens (including phenoxy) is 1. The average molecular weight is 402 g/mol. The predicted octanol–water partition coefficient (Wildman–Crippen LogP) is 2.86. The fraction of sp³-hybridized carbons (Fsp3) is 0.286. The molecule has 1 aromatic heterocycles. The molecule has 0 unspecified atom stereocenters. The summed E-state index contributed by atoms with van der Waals surface area (Å²) in [5, 5.41) is 26.3. The molecule has 6 nitrogen and oxygen atoms in total. The Morgan fingerprint density at radius 1 is 1.14 bits per heavy atom. The van der Waals surface area contributed by atoms with E-state index >= 15 is 0 Å². The van der Waals surface area contributed by atoms with E-state index < -0.39 is 6.10 Å². The topological polar surface area (TPSA) is 79.5 Å². The first-order chi connectivity index (χ1) is 13.6. The van der Waals surface area contributed by atoms with Crippen LogP contribution in [0.5, 0.6) is 5.75 Å². The molecule has 148 valence electrons. The molecule has 1 heterocycles. The van der Waals surface area contributed by atoms with Crippen LogP contribution in [0, 0.1) is 6.92 Å². The zero-order valence-corrected chi connectivity index (χ0v) is 16.4. The van der Waals surface area contributed by atoms with E-state index in [1.165, 1.54) is 0 Å². The Kier molecular flexibility index (Phi) is 7.06. The Bertz CT molecular complexity index is 882. The van der Waals surface area contributed by atoms with Crippen molar-refractivity contribution < 1.29 is 14.9 Å². The summed E-state index contributed by atoms with van der Waals surface area (Å²) >= 11 is 6.52. The molecule has 3 aromatic rings. The first kappa shape index (κ1) is 20.4. The quantitative estimate of drug-likeness (QED) is 0.513. The lowest BCUT2D eigenvalue weighted by Crippen LogP contribution is -2.28. The Morgan fingerprint density at radius 3 is 2.54 bits per heavy atom. The molecular weight excluding hydrogens is 378 g/mol. The summed E-state index contributed by atoms with van der Waals surface area (Å²) < 4.78 is 7.60. The molecule has 2 aromatic carbocycles. The highest BCUT2D eigenvalue weighted by Crippen LogP contribution is 2.25. The van der Waals surface area contributed by atoms with Crippen molar-refractivity contribution >= 4 is 11.6 Å². The number of aliphatic hydroxyl groups is 2. The first-order valence-corrected chi connectivity index (χ1v) is 9.47. The molecule has 0 radical (unpaired) electrons. The minimum atomic E-state index is -0.743. The lowest BCUT2D eigenvalue weighted by Gasteiger charge is -2.10. The minimum absolute atomic E-state index is 0.247. The number of para-hydroxylation sites is 1. The van der Waals surface area contributed by atoms with Crippen molar-refractivity contribution in [3.63, 3.8) is 0 Å². The van der Waals surface area contributed by atoms with Crippen LogP contribution in [0.15, 0.2) is 54.6 Å². The number of hydrogen-bond donors (Lipinski definition) is 3. The number of halogens is 1. The fourth-order valence-corrected chi connectivity index (χ4v) is 3.07. The highest BCUT2D eigenvalue weighted by atomic mass is 35.5. The van der Waals surface area contributed by atoms with Gasteiger partial charge in [0.05, 0.1) is 24.1 Å². The van der Waals surface area contributed by atoms with Crippen molar-refractivity contribution in [3.8, 4) is 11.4 Å². The third-order valence-corrected chi connectivity index (χ3v) is 4.74. The van der Waals surface area contributed by atoms with E-state index in [1.54, 1.807) is 4.68 Å². The summed E-state index contributed by atoms with van der Waals surface area (Å²) in [6, 6.07) is 17.4. The van der Waals surface area contributed by atoms with Crippen molar-refractivity contribution in [2.45, 2.75) is 26.2 Å². The van der Waals surface area contributed by atoms with E-state index in [1.807, 2.05) is 61.5 Å². The Hall–Kier alpha value is -2.38. The highest BCUT2D eigenvalue weighted by molar-refractivity contribution is 6.30. The number of benzene rings is 2. The van der Waals surface area contributed by atoms with Gasteiger partial charge >= 0.3 is 0 Å². The zero-order chi connectivity index (χ0) is 19.9. The van der Waals surface area contributed by atoms with E-state index in [4.69, 9.17) is 21.4 Å². The zero-order valence-electron chi connectivity index (χ0n) is 15.7. The summed E-state index contributed by atoms with van der Waals surface area (Å²) in [6.45, 7) is 2.95. The van der Waals surface area contributed by atoms with Crippen LogP contribution in [0.25, 0.3) is 5.69 Å². The Labute approximate surface area is 169 Å². The SMILES string of the molecule is Cc1nn(-c2ccccc2)c(Cl)c1COc1ccc(CNC[C@H](O)CO)cc1. The molecule has 0 aliphatic carbocycles. The van der Waals surface area contributed by atoms with Gasteiger partial charge in [-0.3, -0.25) is 0 Å². The van der Waals surface area contributed by atoms with Gasteiger partial charge in [0.1, 0.15) is 17.5 Å². The second-order valence-electron chi connectivity index (χ2n) is 6.50. The molecule has 0 bridgehead atoms. The van der Waals surface area contributed by atoms with Gasteiger partial charge in [-0.15, -0.1) is 0 Å². The van der Waals surface area contributed by atoms with Crippen LogP contribution in [0.4, 0.5) is 0 Å². The van der Waals surface area contributed by atoms with Crippen molar-refractivity contribution in [1.82, 2.24) is 15.1 Å². The van der Waals surface area contributed by atoms with Crippen LogP contribution >= 0.6 is 11.6 Å². The van der Waals surface area contributed by atoms with Gasteiger partial charge in [-0.05, 0) is 36.8 Å². The van der Waals surface area contributed by atoms with Crippen LogP contribution in [-0.4, -0.2) is 39.2 Å². The van der Waals surface area contributed by atoms with E-state index in [0.29, 0.717) is 24.8 Å². The molecule has 0 spiro atoms. The van der Waals surface area contributed by atoms with E-state index in [9.17, 15) is 5.11 Å². The molecule has 0 fully saturated rings. The minimum Gasteiger partial charge on any atom is -0.489 e. The standard InChI is InChI=1S/C21H24ClN3O3/c1-15-20(21(22)25(24-15)17-5-3-2-4-6-17)14-28-19-9-7-16(8-10-19)11-23-12-18(27)13-26/h2-10,18,23,26-27H,11-14H2,1H3/t18-/m0/s1. The number of nitrogens with one attached hydrogen (secondary N) is 1. The molecule has 0 aliphatic heterocycles. The van der Waals surface area contributed by atoms with Crippen LogP contribution < -0.4 is 10.1 Å². The average Bonchev–Trinajstić information content (AvgIpc) is 3.01. The van der Waals surface area contributed by atoms with Crippen molar-refractivity contribution in [2.75, 3.05) is 13.2 Å². The van der Waals surface area contributed by atoms with Crippen LogP contribution in [0.1, 0.15) is 16.8 Å². The molecule has 1 atom stereocenters. The van der Waals surface area contributed by atoms with Crippen molar-refractivity contribution in [1.29, 1.82) is 0 Å². The number of rotatable bonds is 9. The third-order valence-electron chi connectivity index (χ3n) is 4.35. The van der Waals surface area contributed by atoms with Gasteiger partial charge < -0.3 is 20.3 Å². The largest absolute Gasteiger partial charge is 0.489 e. The smallest absolute Gasteiger partial charge is 0.139 e. The lowest BCUT2D eigenvalue weighted by molar-refractivity contribution is 0.0942. The maximum absolute atomic E-state index is 9.33. The number of aryl methyl sites for hydroxylation is 1. The van der Waals surface area contributed by atoms with Crippen molar-refractivity contribution in [3.05, 3.63) is 76.6 Å². The van der Waals surface area contributed by atoms with Gasteiger partial charge in [-0.1, -0.05) is 41.9 Å². The van der Waals surface area contributed by atoms with Gasteiger partial charge in [0, 0.05) is 18.7 Å². The molecule has 7 heteroatoms. The van der Waals surface area contributed by atoms with Crippen LogP contribution in [0.3, 0.4) is 0 Å². The molecule has 0 aliphatic rings. The monoisotopic (exact) mass is 401 g/mol. The van der Waals surface area contributed by atoms with Gasteiger partial charge in [0.2, 0.25) is 0 Å². The number of aliphatic hydroxyl groups excluding tert-OH is 2. The molecule has 28 heavy (non-hydrogen) atoms. The molecule has 0 amide bonds. The summed E-state index contributed by atoms with van der Waals surface area (Å²) in [6.07, 6.45) is -0.743. The molecule has 3 rings (SSSR count). The van der Waals surface area contributed by atoms with E-state index in [2.05, 4.69) is 10.4 Å². The van der Waals surface area contributed by atoms with Gasteiger partial charge in [0.15, 0.2) is 0 Å². The molecule has 0 saturated carbocycles. The van der Waals surface area contributed by atoms with Crippen LogP contribution in [-0.2, 0) is 13.2 Å². The molecular formula is C21H24ClN3O3. The first-order valence-electron chi connectivity index (χ1n) is 9.09. The number of hydrogen-bond acceptors (Lipinski definition) is 5. The van der Waals surface area contributed by atoms with Gasteiger partial charge in [-0.2, -0.15) is 5.10 Å². The second-order valence-corrected chi connectivity index (χ2v) is 6.86. The Balaban J connectivity index is 1.59. The molecule has 3 N–H and O–H groups in total. The fourth-order valence-electron chi connectivity index (χ4n) is 2.74. The highest BCUT2D eigenvalue weighted by Gasteiger charge is 2.15. The van der Waals surface area contributed by atoms with Gasteiger partial charge in [-0.25, -0.2) is 4.68 Å². The van der Waals surface area contributed by atoms with E-state index in [0.717, 1.165) is 28.3 Å². The lowest BCUT2D eigenvalue weighted by atomic mass is 10.2. The van der Waals surface area contributed by atoms with Gasteiger partial charge in [0.25, 0.3) is 0 Å². The van der Waals surface area contributed by atoms with Crippen molar-refractivity contribution in [2.24, 2.45) is 0 Å². The molecule has 0 saturated heterocycles. The third kappa shape index (κ3) is 5.11. The summed E-state index contributed by atoms with van der Waals surface area (Å²) in [4.78, 5) is 0. The summed E-state index contributed by atoms with van der Waals surface area (Å²) in [5.74, 6) is 0.738. The summed E-state index contributed by atoms with van der Waals surface area (Å²) in [7, 11) is 0. The van der Waals surface area contributed by atoms with Crippen LogP contribution in [0.2, 0.25) is 5.15 Å². The number of nitrogens with zero attached hydrogens (tertiary/aromatic N) is 2. The maximum atomic E-state index is 9.33. The Morgan fingerprint density at radius 2 is 1.86 bits per heavy atom. The normalized spacial score (nSPS) is 12.1. The maximum Gasteiger partial charge on any atom is 0.139 e. The van der Waals surface area contributed by atoms with E-state index in [-0.39, 0.29) is 6.61 Å².